The van der Waals surface area contributed by atoms with Crippen molar-refractivity contribution < 1.29 is 23.8 Å². The average Bonchev–Trinajstić information content (AvgIpc) is 2.47. The predicted octanol–water partition coefficient (Wildman–Crippen LogP) is 1.47. The van der Waals surface area contributed by atoms with E-state index in [1.54, 1.807) is 18.2 Å². The van der Waals surface area contributed by atoms with Crippen molar-refractivity contribution in [2.45, 2.75) is 6.42 Å². The van der Waals surface area contributed by atoms with Gasteiger partial charge in [-0.15, -0.1) is 0 Å². The second-order valence-corrected chi connectivity index (χ2v) is 4.54. The number of benzene rings is 1. The summed E-state index contributed by atoms with van der Waals surface area (Å²) in [4.78, 5) is 21.9. The van der Waals surface area contributed by atoms with E-state index in [0.717, 1.165) is 5.56 Å². The van der Waals surface area contributed by atoms with Crippen LogP contribution < -0.4 is 15.4 Å². The number of carbonyl (C=O) groups is 2. The molecule has 0 unspecified atom stereocenters. The molecule has 1 aliphatic rings. The summed E-state index contributed by atoms with van der Waals surface area (Å²) in [5, 5.41) is 13.3. The van der Waals surface area contributed by atoms with Crippen molar-refractivity contribution in [2.24, 2.45) is 0 Å². The summed E-state index contributed by atoms with van der Waals surface area (Å²) < 4.78 is 18.0. The first kappa shape index (κ1) is 14.8. The van der Waals surface area contributed by atoms with Gasteiger partial charge in [0.1, 0.15) is 12.4 Å². The molecule has 3 N–H and O–H groups in total. The van der Waals surface area contributed by atoms with Crippen LogP contribution in [0.5, 0.6) is 5.75 Å². The fourth-order valence-corrected chi connectivity index (χ4v) is 1.98. The molecule has 0 radical (unpaired) electrons. The van der Waals surface area contributed by atoms with Gasteiger partial charge in [0.2, 0.25) is 0 Å². The summed E-state index contributed by atoms with van der Waals surface area (Å²) in [7, 11) is 0. The van der Waals surface area contributed by atoms with Gasteiger partial charge in [-0.05, 0) is 30.2 Å². The Bertz CT molecular complexity index is 586. The Balaban J connectivity index is 1.97. The van der Waals surface area contributed by atoms with Crippen molar-refractivity contribution in [1.82, 2.24) is 10.6 Å². The molecular formula is C14H15FN2O4. The van der Waals surface area contributed by atoms with Crippen LogP contribution >= 0.6 is 0 Å². The fraction of sp³-hybridized carbons (Fsp3) is 0.286. The molecule has 1 heterocycles. The van der Waals surface area contributed by atoms with Crippen LogP contribution in [0.3, 0.4) is 0 Å². The van der Waals surface area contributed by atoms with Crippen molar-refractivity contribution in [3.63, 3.8) is 0 Å². The van der Waals surface area contributed by atoms with Gasteiger partial charge in [0.05, 0.1) is 6.33 Å². The van der Waals surface area contributed by atoms with E-state index in [2.05, 4.69) is 10.6 Å². The number of halogens is 1. The molecule has 112 valence electrons. The number of hydrogen-bond donors (Lipinski definition) is 3. The second-order valence-electron chi connectivity index (χ2n) is 4.54. The molecular weight excluding hydrogens is 279 g/mol. The maximum absolute atomic E-state index is 12.6. The lowest BCUT2D eigenvalue weighted by molar-refractivity contribution is 0.0946. The van der Waals surface area contributed by atoms with Crippen molar-refractivity contribution in [1.29, 1.82) is 0 Å². The van der Waals surface area contributed by atoms with Crippen LogP contribution in [0.25, 0.3) is 0 Å². The summed E-state index contributed by atoms with van der Waals surface area (Å²) >= 11 is 0. The van der Waals surface area contributed by atoms with Crippen LogP contribution in [-0.2, 0) is 6.42 Å². The van der Waals surface area contributed by atoms with E-state index in [9.17, 15) is 14.0 Å². The first-order valence-corrected chi connectivity index (χ1v) is 6.39. The van der Waals surface area contributed by atoms with Crippen LogP contribution in [0.2, 0.25) is 0 Å². The van der Waals surface area contributed by atoms with Crippen molar-refractivity contribution in [3.05, 3.63) is 41.2 Å². The third kappa shape index (κ3) is 3.95. The fourth-order valence-electron chi connectivity index (χ4n) is 1.98. The number of hydrogen-bond acceptors (Lipinski definition) is 3. The summed E-state index contributed by atoms with van der Waals surface area (Å²) in [6.45, 7) is 0.369. The minimum Gasteiger partial charge on any atom is -0.489 e. The zero-order valence-corrected chi connectivity index (χ0v) is 11.2. The highest BCUT2D eigenvalue weighted by Gasteiger charge is 2.16. The van der Waals surface area contributed by atoms with E-state index < -0.39 is 6.09 Å². The highest BCUT2D eigenvalue weighted by molar-refractivity contribution is 5.96. The van der Waals surface area contributed by atoms with Gasteiger partial charge in [-0.25, -0.2) is 9.18 Å². The first-order valence-electron chi connectivity index (χ1n) is 6.39. The Labute approximate surface area is 120 Å². The largest absolute Gasteiger partial charge is 0.489 e. The summed E-state index contributed by atoms with van der Waals surface area (Å²) in [6.07, 6.45) is -0.193. The minimum absolute atomic E-state index is 0.0677. The number of nitrogens with one attached hydrogen (secondary N) is 2. The maximum atomic E-state index is 12.6. The SMILES string of the molecule is O=C(O)NCC(=CF)COc1ccc2c(c1)CCNC2=O. The molecule has 0 saturated carbocycles. The second kappa shape index (κ2) is 6.74. The Kier molecular flexibility index (Phi) is 4.76. The van der Waals surface area contributed by atoms with E-state index in [4.69, 9.17) is 9.84 Å². The number of fused-ring (bicyclic) bond motifs is 1. The number of amides is 2. The van der Waals surface area contributed by atoms with Crippen molar-refractivity contribution in [2.75, 3.05) is 19.7 Å². The number of ether oxygens (including phenoxy) is 1. The third-order valence-corrected chi connectivity index (χ3v) is 3.05. The van der Waals surface area contributed by atoms with Gasteiger partial charge < -0.3 is 20.5 Å². The Morgan fingerprint density at radius 3 is 3.05 bits per heavy atom. The molecule has 0 bridgehead atoms. The van der Waals surface area contributed by atoms with Gasteiger partial charge in [0.15, 0.2) is 0 Å². The molecule has 1 aromatic rings. The normalized spacial score (nSPS) is 14.1. The molecule has 0 aromatic heterocycles. The molecule has 2 amide bonds. The Morgan fingerprint density at radius 2 is 2.33 bits per heavy atom. The number of rotatable bonds is 5. The molecule has 21 heavy (non-hydrogen) atoms. The molecule has 0 spiro atoms. The Hall–Kier alpha value is -2.57. The van der Waals surface area contributed by atoms with E-state index in [1.165, 1.54) is 0 Å². The lowest BCUT2D eigenvalue weighted by Crippen LogP contribution is -2.31. The van der Waals surface area contributed by atoms with E-state index in [-0.39, 0.29) is 24.6 Å². The highest BCUT2D eigenvalue weighted by Crippen LogP contribution is 2.21. The molecule has 6 nitrogen and oxygen atoms in total. The first-order chi connectivity index (χ1) is 10.1. The lowest BCUT2D eigenvalue weighted by atomic mass is 10.0. The molecule has 1 aromatic carbocycles. The van der Waals surface area contributed by atoms with E-state index in [1.807, 2.05) is 0 Å². The minimum atomic E-state index is -1.23. The monoisotopic (exact) mass is 294 g/mol. The van der Waals surface area contributed by atoms with Gasteiger partial charge in [-0.1, -0.05) is 0 Å². The molecule has 7 heteroatoms. The zero-order valence-electron chi connectivity index (χ0n) is 11.2. The standard InChI is InChI=1S/C14H15FN2O4/c15-6-9(7-17-14(19)20)8-21-11-1-2-12-10(5-11)3-4-16-13(12)18/h1-2,5-6,17H,3-4,7-8H2,(H,16,18)(H,19,20). The predicted molar refractivity (Wildman–Crippen MR) is 73.2 cm³/mol. The molecule has 1 aliphatic heterocycles. The van der Waals surface area contributed by atoms with Gasteiger partial charge in [-0.3, -0.25) is 4.79 Å². The van der Waals surface area contributed by atoms with Crippen molar-refractivity contribution >= 4 is 12.0 Å². The lowest BCUT2D eigenvalue weighted by Gasteiger charge is -2.17. The maximum Gasteiger partial charge on any atom is 0.404 e. The molecule has 0 saturated heterocycles. The van der Waals surface area contributed by atoms with Crippen LogP contribution in [-0.4, -0.2) is 36.8 Å². The average molecular weight is 294 g/mol. The highest BCUT2D eigenvalue weighted by atomic mass is 19.1. The van der Waals surface area contributed by atoms with Gasteiger partial charge in [-0.2, -0.15) is 0 Å². The van der Waals surface area contributed by atoms with Crippen LogP contribution in [0, 0.1) is 0 Å². The van der Waals surface area contributed by atoms with E-state index >= 15 is 0 Å². The molecule has 2 rings (SSSR count). The summed E-state index contributed by atoms with van der Waals surface area (Å²) in [5.74, 6) is 0.399. The van der Waals surface area contributed by atoms with Gasteiger partial charge in [0.25, 0.3) is 5.91 Å². The van der Waals surface area contributed by atoms with Gasteiger partial charge in [0, 0.05) is 24.2 Å². The zero-order chi connectivity index (χ0) is 15.2. The van der Waals surface area contributed by atoms with Crippen LogP contribution in [0.4, 0.5) is 9.18 Å². The molecule has 0 aliphatic carbocycles. The molecule has 0 fully saturated rings. The third-order valence-electron chi connectivity index (χ3n) is 3.05. The van der Waals surface area contributed by atoms with Crippen molar-refractivity contribution in [3.8, 4) is 5.75 Å². The smallest absolute Gasteiger partial charge is 0.404 e. The van der Waals surface area contributed by atoms with E-state index in [0.29, 0.717) is 30.6 Å². The number of carboxylic acid groups (broad SMARTS) is 1. The van der Waals surface area contributed by atoms with Gasteiger partial charge >= 0.3 is 6.09 Å². The van der Waals surface area contributed by atoms with Crippen LogP contribution in [0.1, 0.15) is 15.9 Å². The number of carbonyl (C=O) groups excluding carboxylic acids is 1. The topological polar surface area (TPSA) is 87.7 Å². The summed E-state index contributed by atoms with van der Waals surface area (Å²) in [6, 6.07) is 5.03. The molecule has 0 atom stereocenters. The van der Waals surface area contributed by atoms with Crippen LogP contribution in [0.15, 0.2) is 30.1 Å². The quantitative estimate of drug-likeness (QED) is 0.767. The summed E-state index contributed by atoms with van der Waals surface area (Å²) in [5.41, 5.74) is 1.67. The Morgan fingerprint density at radius 1 is 1.52 bits per heavy atom.